The molecule has 0 bridgehead atoms. The van der Waals surface area contributed by atoms with E-state index in [0.29, 0.717) is 12.1 Å². The molecule has 0 unspecified atom stereocenters. The highest BCUT2D eigenvalue weighted by atomic mass is 16.1. The van der Waals surface area contributed by atoms with Crippen LogP contribution in [-0.4, -0.2) is 36.0 Å². The fourth-order valence-electron chi connectivity index (χ4n) is 4.44. The van der Waals surface area contributed by atoms with E-state index >= 15 is 0 Å². The summed E-state index contributed by atoms with van der Waals surface area (Å²) in [4.78, 5) is 28.6. The molecule has 5 heterocycles. The zero-order chi connectivity index (χ0) is 24.5. The minimum atomic E-state index is -0.0260. The van der Waals surface area contributed by atoms with Crippen LogP contribution in [-0.2, 0) is 4.79 Å². The first-order chi connectivity index (χ1) is 17.7. The average molecular weight is 474 g/mol. The van der Waals surface area contributed by atoms with Crippen molar-refractivity contribution in [1.82, 2.24) is 30.1 Å². The van der Waals surface area contributed by atoms with Crippen molar-refractivity contribution in [1.29, 1.82) is 0 Å². The number of benzene rings is 1. The number of aromatic nitrogens is 6. The lowest BCUT2D eigenvalue weighted by molar-refractivity contribution is -0.116. The maximum Gasteiger partial charge on any atom is 0.224 e. The van der Waals surface area contributed by atoms with Gasteiger partial charge in [-0.05, 0) is 53.9 Å². The van der Waals surface area contributed by atoms with Crippen molar-refractivity contribution in [3.63, 3.8) is 0 Å². The van der Waals surface area contributed by atoms with E-state index in [1.807, 2.05) is 37.3 Å². The van der Waals surface area contributed by atoms with Gasteiger partial charge in [0, 0.05) is 46.9 Å². The molecule has 6 aromatic rings. The van der Waals surface area contributed by atoms with Gasteiger partial charge < -0.3 is 10.3 Å². The normalized spacial score (nSPS) is 11.2. The van der Waals surface area contributed by atoms with Crippen molar-refractivity contribution in [2.24, 2.45) is 0 Å². The summed E-state index contributed by atoms with van der Waals surface area (Å²) in [6.07, 6.45) is 10.0. The highest BCUT2D eigenvalue weighted by molar-refractivity contribution is 6.01. The average Bonchev–Trinajstić information content (AvgIpc) is 3.53. The van der Waals surface area contributed by atoms with Crippen LogP contribution in [0.5, 0.6) is 0 Å². The Balaban J connectivity index is 1.40. The Hall–Kier alpha value is -4.85. The van der Waals surface area contributed by atoms with Crippen LogP contribution in [0.1, 0.15) is 19.8 Å². The van der Waals surface area contributed by atoms with E-state index in [1.165, 1.54) is 0 Å². The van der Waals surface area contributed by atoms with Gasteiger partial charge >= 0.3 is 0 Å². The molecule has 0 spiro atoms. The molecule has 8 nitrogen and oxygen atoms in total. The molecule has 0 aliphatic rings. The topological polar surface area (TPSA) is 112 Å². The third-order valence-corrected chi connectivity index (χ3v) is 6.15. The molecule has 8 heteroatoms. The fraction of sp³-hybridized carbons (Fsp3) is 0.107. The first-order valence-electron chi connectivity index (χ1n) is 11.8. The first kappa shape index (κ1) is 21.7. The number of fused-ring (bicyclic) bond motifs is 2. The Labute approximate surface area is 206 Å². The van der Waals surface area contributed by atoms with E-state index in [0.717, 1.165) is 62.0 Å². The summed E-state index contributed by atoms with van der Waals surface area (Å²) in [5.41, 5.74) is 8.05. The number of carbonyl (C=O) groups is 1. The second-order valence-electron chi connectivity index (χ2n) is 8.63. The Morgan fingerprint density at radius 1 is 0.917 bits per heavy atom. The maximum absolute atomic E-state index is 12.0. The molecular weight excluding hydrogens is 450 g/mol. The summed E-state index contributed by atoms with van der Waals surface area (Å²) in [5, 5.41) is 12.6. The lowest BCUT2D eigenvalue weighted by Gasteiger charge is -2.06. The molecule has 0 saturated carbocycles. The van der Waals surface area contributed by atoms with E-state index in [1.54, 1.807) is 31.0 Å². The third kappa shape index (κ3) is 3.98. The number of pyridine rings is 3. The van der Waals surface area contributed by atoms with Crippen LogP contribution >= 0.6 is 0 Å². The number of amides is 1. The summed E-state index contributed by atoms with van der Waals surface area (Å²) in [6.45, 7) is 1.98. The van der Waals surface area contributed by atoms with Gasteiger partial charge in [-0.1, -0.05) is 19.1 Å². The number of aromatic amines is 2. The minimum Gasteiger partial charge on any atom is -0.353 e. The van der Waals surface area contributed by atoms with E-state index in [4.69, 9.17) is 0 Å². The molecule has 176 valence electrons. The van der Waals surface area contributed by atoms with Gasteiger partial charge in [-0.2, -0.15) is 5.10 Å². The van der Waals surface area contributed by atoms with Crippen molar-refractivity contribution >= 4 is 33.4 Å². The number of nitrogens with one attached hydrogen (secondary N) is 3. The zero-order valence-corrected chi connectivity index (χ0v) is 19.6. The van der Waals surface area contributed by atoms with E-state index in [9.17, 15) is 4.79 Å². The number of anilines is 1. The van der Waals surface area contributed by atoms with Crippen molar-refractivity contribution < 1.29 is 4.79 Å². The van der Waals surface area contributed by atoms with Crippen LogP contribution in [0.25, 0.3) is 55.6 Å². The van der Waals surface area contributed by atoms with Crippen LogP contribution in [0.3, 0.4) is 0 Å². The quantitative estimate of drug-likeness (QED) is 0.276. The Bertz CT molecular complexity index is 1700. The van der Waals surface area contributed by atoms with Crippen LogP contribution in [0.2, 0.25) is 0 Å². The van der Waals surface area contributed by atoms with Crippen molar-refractivity contribution in [3.8, 4) is 33.8 Å². The van der Waals surface area contributed by atoms with E-state index in [2.05, 4.69) is 53.6 Å². The molecule has 0 fully saturated rings. The number of hydrogen-bond donors (Lipinski definition) is 3. The number of H-pyrrole nitrogens is 2. The molecular formula is C28H23N7O. The molecule has 0 radical (unpaired) electrons. The summed E-state index contributed by atoms with van der Waals surface area (Å²) >= 11 is 0. The maximum atomic E-state index is 12.0. The highest BCUT2D eigenvalue weighted by Crippen LogP contribution is 2.34. The lowest BCUT2D eigenvalue weighted by Crippen LogP contribution is -2.10. The Morgan fingerprint density at radius 2 is 1.81 bits per heavy atom. The molecule has 0 aliphatic carbocycles. The standard InChI is InChI=1S/C28H23N7O/c1-2-4-27(36)32-19-11-18(14-30-15-19)24-13-22-26(16-31-24)34-35-28(22)25-12-21-20(5-3-6-23(21)33-25)17-7-9-29-10-8-17/h3,5-16,33H,2,4H2,1H3,(H,32,36)(H,34,35). The number of nitrogens with zero attached hydrogens (tertiary/aromatic N) is 4. The van der Waals surface area contributed by atoms with Gasteiger partial charge in [-0.3, -0.25) is 24.8 Å². The molecule has 3 N–H and O–H groups in total. The van der Waals surface area contributed by atoms with Gasteiger partial charge in [0.05, 0.1) is 35.0 Å². The monoisotopic (exact) mass is 473 g/mol. The molecule has 36 heavy (non-hydrogen) atoms. The predicted octanol–water partition coefficient (Wildman–Crippen LogP) is 5.97. The Morgan fingerprint density at radius 3 is 2.67 bits per heavy atom. The Kier molecular flexibility index (Phi) is 5.46. The zero-order valence-electron chi connectivity index (χ0n) is 19.6. The van der Waals surface area contributed by atoms with E-state index < -0.39 is 0 Å². The second-order valence-corrected chi connectivity index (χ2v) is 8.63. The van der Waals surface area contributed by atoms with Gasteiger partial charge in [0.1, 0.15) is 5.69 Å². The van der Waals surface area contributed by atoms with Crippen molar-refractivity contribution in [2.75, 3.05) is 5.32 Å². The van der Waals surface area contributed by atoms with E-state index in [-0.39, 0.29) is 5.91 Å². The van der Waals surface area contributed by atoms with Gasteiger partial charge in [0.25, 0.3) is 0 Å². The molecule has 5 aromatic heterocycles. The van der Waals surface area contributed by atoms with Gasteiger partial charge in [0.15, 0.2) is 0 Å². The summed E-state index contributed by atoms with van der Waals surface area (Å²) in [6, 6.07) is 16.3. The summed E-state index contributed by atoms with van der Waals surface area (Å²) in [7, 11) is 0. The van der Waals surface area contributed by atoms with Crippen molar-refractivity contribution in [2.45, 2.75) is 19.8 Å². The number of rotatable bonds is 6. The SMILES string of the molecule is CCCC(=O)Nc1cncc(-c2cc3c(-c4cc5c(-c6ccncc6)cccc5[nH]4)n[nH]c3cn2)c1. The van der Waals surface area contributed by atoms with Crippen molar-refractivity contribution in [3.05, 3.63) is 79.5 Å². The highest BCUT2D eigenvalue weighted by Gasteiger charge is 2.15. The fourth-order valence-corrected chi connectivity index (χ4v) is 4.44. The lowest BCUT2D eigenvalue weighted by atomic mass is 10.0. The van der Waals surface area contributed by atoms with Crippen LogP contribution in [0.15, 0.2) is 79.5 Å². The second kappa shape index (κ2) is 9.07. The summed E-state index contributed by atoms with van der Waals surface area (Å²) < 4.78 is 0. The minimum absolute atomic E-state index is 0.0260. The molecule has 0 atom stereocenters. The molecule has 1 amide bonds. The van der Waals surface area contributed by atoms with Gasteiger partial charge in [-0.15, -0.1) is 0 Å². The molecule has 0 saturated heterocycles. The van der Waals surface area contributed by atoms with Crippen LogP contribution in [0.4, 0.5) is 5.69 Å². The van der Waals surface area contributed by atoms with Gasteiger partial charge in [0.2, 0.25) is 5.91 Å². The molecule has 1 aromatic carbocycles. The number of hydrogen-bond acceptors (Lipinski definition) is 5. The summed E-state index contributed by atoms with van der Waals surface area (Å²) in [5.74, 6) is -0.0260. The predicted molar refractivity (Wildman–Crippen MR) is 141 cm³/mol. The van der Waals surface area contributed by atoms with Gasteiger partial charge in [-0.25, -0.2) is 0 Å². The van der Waals surface area contributed by atoms with Crippen LogP contribution < -0.4 is 5.32 Å². The van der Waals surface area contributed by atoms with Crippen LogP contribution in [0, 0.1) is 0 Å². The largest absolute Gasteiger partial charge is 0.353 e. The molecule has 6 rings (SSSR count). The number of carbonyl (C=O) groups excluding carboxylic acids is 1. The first-order valence-corrected chi connectivity index (χ1v) is 11.8. The smallest absolute Gasteiger partial charge is 0.224 e. The third-order valence-electron chi connectivity index (χ3n) is 6.15. The molecule has 0 aliphatic heterocycles.